The third-order valence-electron chi connectivity index (χ3n) is 6.61. The summed E-state index contributed by atoms with van der Waals surface area (Å²) in [5.41, 5.74) is 5.68. The summed E-state index contributed by atoms with van der Waals surface area (Å²) in [5, 5.41) is 4.11. The van der Waals surface area contributed by atoms with Crippen molar-refractivity contribution in [2.45, 2.75) is 25.5 Å². The Morgan fingerprint density at radius 3 is 2.67 bits per heavy atom. The Morgan fingerprint density at radius 2 is 1.86 bits per heavy atom. The molecule has 1 N–H and O–H groups in total. The van der Waals surface area contributed by atoms with Crippen LogP contribution >= 0.6 is 0 Å². The van der Waals surface area contributed by atoms with Crippen LogP contribution < -0.4 is 10.1 Å². The molecular formula is C30H24FN3O2. The highest BCUT2D eigenvalue weighted by Gasteiger charge is 2.28. The van der Waals surface area contributed by atoms with Gasteiger partial charge in [-0.15, -0.1) is 0 Å². The molecule has 5 nitrogen and oxygen atoms in total. The number of carbonyl (C=O) groups is 1. The van der Waals surface area contributed by atoms with Gasteiger partial charge in [-0.2, -0.15) is 0 Å². The fraction of sp³-hybridized carbons (Fsp3) is 0.133. The van der Waals surface area contributed by atoms with E-state index in [0.29, 0.717) is 19.6 Å². The number of anilines is 1. The first-order valence-electron chi connectivity index (χ1n) is 11.9. The number of pyridine rings is 1. The number of halogens is 1. The monoisotopic (exact) mass is 477 g/mol. The lowest BCUT2D eigenvalue weighted by Crippen LogP contribution is -2.14. The molecule has 3 aromatic carbocycles. The summed E-state index contributed by atoms with van der Waals surface area (Å²) < 4.78 is 21.9. The molecule has 0 fully saturated rings. The molecule has 0 bridgehead atoms. The van der Waals surface area contributed by atoms with Gasteiger partial charge in [0.25, 0.3) is 0 Å². The second kappa shape index (κ2) is 9.30. The van der Waals surface area contributed by atoms with Crippen molar-refractivity contribution in [3.63, 3.8) is 0 Å². The summed E-state index contributed by atoms with van der Waals surface area (Å²) in [6, 6.07) is 26.3. The predicted molar refractivity (Wildman–Crippen MR) is 138 cm³/mol. The largest absolute Gasteiger partial charge is 0.487 e. The maximum Gasteiger partial charge on any atom is 0.225 e. The van der Waals surface area contributed by atoms with E-state index < -0.39 is 0 Å². The number of rotatable bonds is 6. The minimum absolute atomic E-state index is 0.0177. The maximum absolute atomic E-state index is 13.8. The summed E-state index contributed by atoms with van der Waals surface area (Å²) in [6.07, 6.45) is 4.19. The highest BCUT2D eigenvalue weighted by atomic mass is 19.1. The third-order valence-corrected chi connectivity index (χ3v) is 6.61. The van der Waals surface area contributed by atoms with Crippen molar-refractivity contribution >= 4 is 22.5 Å². The topological polar surface area (TPSA) is 56.1 Å². The number of nitrogens with zero attached hydrogens (tertiary/aromatic N) is 2. The van der Waals surface area contributed by atoms with Gasteiger partial charge in [0.05, 0.1) is 16.9 Å². The Balaban J connectivity index is 1.34. The normalized spacial score (nSPS) is 14.9. The van der Waals surface area contributed by atoms with Crippen molar-refractivity contribution in [2.24, 2.45) is 0 Å². The van der Waals surface area contributed by atoms with E-state index >= 15 is 0 Å². The van der Waals surface area contributed by atoms with Crippen LogP contribution in [0.2, 0.25) is 0 Å². The number of amides is 1. The Bertz CT molecular complexity index is 1540. The molecule has 2 aromatic heterocycles. The van der Waals surface area contributed by atoms with Crippen LogP contribution in [-0.2, 0) is 17.9 Å². The quantitative estimate of drug-likeness (QED) is 0.313. The van der Waals surface area contributed by atoms with Gasteiger partial charge in [0.2, 0.25) is 5.91 Å². The number of carbonyl (C=O) groups excluding carboxylic acids is 1. The molecule has 0 saturated heterocycles. The molecule has 1 aliphatic heterocycles. The zero-order valence-corrected chi connectivity index (χ0v) is 19.5. The first-order chi connectivity index (χ1) is 17.6. The lowest BCUT2D eigenvalue weighted by atomic mass is 9.88. The zero-order valence-electron chi connectivity index (χ0n) is 19.5. The second-order valence-corrected chi connectivity index (χ2v) is 9.03. The van der Waals surface area contributed by atoms with E-state index in [0.717, 1.165) is 44.7 Å². The van der Waals surface area contributed by atoms with Gasteiger partial charge in [0, 0.05) is 36.7 Å². The summed E-state index contributed by atoms with van der Waals surface area (Å²) in [4.78, 5) is 17.1. The van der Waals surface area contributed by atoms with Crippen molar-refractivity contribution in [3.8, 4) is 5.75 Å². The van der Waals surface area contributed by atoms with Gasteiger partial charge in [-0.05, 0) is 65.2 Å². The first-order valence-corrected chi connectivity index (χ1v) is 11.9. The van der Waals surface area contributed by atoms with Crippen LogP contribution in [0.15, 0.2) is 97.3 Å². The molecule has 0 saturated carbocycles. The van der Waals surface area contributed by atoms with Crippen LogP contribution in [0.25, 0.3) is 10.9 Å². The van der Waals surface area contributed by atoms with Crippen LogP contribution in [-0.4, -0.2) is 15.5 Å². The Labute approximate surface area is 208 Å². The molecule has 1 atom stereocenters. The second-order valence-electron chi connectivity index (χ2n) is 9.03. The van der Waals surface area contributed by atoms with Crippen molar-refractivity contribution in [1.82, 2.24) is 9.55 Å². The van der Waals surface area contributed by atoms with Gasteiger partial charge < -0.3 is 14.6 Å². The molecule has 6 heteroatoms. The molecule has 1 aliphatic rings. The molecular weight excluding hydrogens is 453 g/mol. The molecule has 0 spiro atoms. The van der Waals surface area contributed by atoms with Gasteiger partial charge in [-0.3, -0.25) is 9.78 Å². The van der Waals surface area contributed by atoms with Crippen molar-refractivity contribution in [1.29, 1.82) is 0 Å². The first kappa shape index (κ1) is 22.0. The van der Waals surface area contributed by atoms with Crippen LogP contribution in [0.5, 0.6) is 5.75 Å². The molecule has 36 heavy (non-hydrogen) atoms. The van der Waals surface area contributed by atoms with E-state index in [-0.39, 0.29) is 17.6 Å². The summed E-state index contributed by atoms with van der Waals surface area (Å²) in [5.74, 6) is 0.365. The number of benzene rings is 3. The number of nitrogens with one attached hydrogen (secondary N) is 1. The molecule has 0 unspecified atom stereocenters. The molecule has 6 rings (SSSR count). The summed E-state index contributed by atoms with van der Waals surface area (Å²) in [7, 11) is 0. The molecule has 3 heterocycles. The Morgan fingerprint density at radius 1 is 1.00 bits per heavy atom. The average molecular weight is 478 g/mol. The van der Waals surface area contributed by atoms with E-state index in [1.807, 2.05) is 66.7 Å². The molecule has 178 valence electrons. The van der Waals surface area contributed by atoms with E-state index in [9.17, 15) is 9.18 Å². The van der Waals surface area contributed by atoms with Gasteiger partial charge in [-0.1, -0.05) is 36.4 Å². The van der Waals surface area contributed by atoms with Crippen LogP contribution in [0, 0.1) is 5.82 Å². The lowest BCUT2D eigenvalue weighted by Gasteiger charge is -2.15. The fourth-order valence-corrected chi connectivity index (χ4v) is 4.95. The fourth-order valence-electron chi connectivity index (χ4n) is 4.95. The van der Waals surface area contributed by atoms with Gasteiger partial charge >= 0.3 is 0 Å². The van der Waals surface area contributed by atoms with E-state index in [4.69, 9.17) is 4.74 Å². The van der Waals surface area contributed by atoms with Gasteiger partial charge in [0.15, 0.2) is 0 Å². The van der Waals surface area contributed by atoms with Crippen LogP contribution in [0.3, 0.4) is 0 Å². The SMILES string of the molecule is O=C1C[C@@H](c2ccc(OCc3ccccn3)cc2)c2cn(Cc3cccc(F)c3)c3cccc(c23)N1. The van der Waals surface area contributed by atoms with Crippen LogP contribution in [0.1, 0.15) is 34.7 Å². The van der Waals surface area contributed by atoms with E-state index in [1.165, 1.54) is 6.07 Å². The van der Waals surface area contributed by atoms with E-state index in [2.05, 4.69) is 21.1 Å². The zero-order chi connectivity index (χ0) is 24.5. The lowest BCUT2D eigenvalue weighted by molar-refractivity contribution is -0.116. The smallest absolute Gasteiger partial charge is 0.225 e. The van der Waals surface area contributed by atoms with Crippen LogP contribution in [0.4, 0.5) is 10.1 Å². The molecule has 0 radical (unpaired) electrons. The van der Waals surface area contributed by atoms with Crippen molar-refractivity contribution in [2.75, 3.05) is 5.32 Å². The summed E-state index contributed by atoms with van der Waals surface area (Å²) >= 11 is 0. The molecule has 0 aliphatic carbocycles. The summed E-state index contributed by atoms with van der Waals surface area (Å²) in [6.45, 7) is 0.932. The molecule has 5 aromatic rings. The number of ether oxygens (including phenoxy) is 1. The minimum atomic E-state index is -0.249. The highest BCUT2D eigenvalue weighted by molar-refractivity contribution is 6.06. The number of hydrogen-bond donors (Lipinski definition) is 1. The standard InChI is InChI=1S/C30H24FN3O2/c31-22-6-3-5-20(15-22)17-34-18-26-25(16-29(35)33-27-8-4-9-28(34)30(26)27)21-10-12-24(13-11-21)36-19-23-7-1-2-14-32-23/h1-15,18,25H,16-17,19H2,(H,33,35)/t25-/m0/s1. The Hall–Kier alpha value is -4.45. The highest BCUT2D eigenvalue weighted by Crippen LogP contribution is 2.41. The predicted octanol–water partition coefficient (Wildman–Crippen LogP) is 6.28. The van der Waals surface area contributed by atoms with Gasteiger partial charge in [-0.25, -0.2) is 4.39 Å². The third kappa shape index (κ3) is 4.33. The number of aromatic nitrogens is 2. The molecule has 1 amide bonds. The maximum atomic E-state index is 13.8. The number of hydrogen-bond acceptors (Lipinski definition) is 3. The van der Waals surface area contributed by atoms with E-state index in [1.54, 1.807) is 18.3 Å². The Kier molecular flexibility index (Phi) is 5.70. The minimum Gasteiger partial charge on any atom is -0.487 e. The van der Waals surface area contributed by atoms with Crippen molar-refractivity contribution in [3.05, 3.63) is 126 Å². The average Bonchev–Trinajstić information content (AvgIpc) is 3.18. The van der Waals surface area contributed by atoms with Crippen molar-refractivity contribution < 1.29 is 13.9 Å². The van der Waals surface area contributed by atoms with Gasteiger partial charge in [0.1, 0.15) is 18.2 Å².